The Hall–Kier alpha value is -1.23. The summed E-state index contributed by atoms with van der Waals surface area (Å²) in [5.74, 6) is 1.57. The van der Waals surface area contributed by atoms with E-state index in [1.54, 1.807) is 25.6 Å². The van der Waals surface area contributed by atoms with Crippen LogP contribution in [0.5, 0.6) is 11.5 Å². The van der Waals surface area contributed by atoms with Crippen molar-refractivity contribution in [3.8, 4) is 11.5 Å². The zero-order chi connectivity index (χ0) is 14.5. The van der Waals surface area contributed by atoms with Crippen molar-refractivity contribution in [3.05, 3.63) is 45.1 Å². The molecule has 0 aliphatic heterocycles. The quantitative estimate of drug-likeness (QED) is 0.870. The first-order valence-electron chi connectivity index (χ1n) is 6.38. The van der Waals surface area contributed by atoms with Crippen molar-refractivity contribution < 1.29 is 9.47 Å². The molecule has 0 amide bonds. The predicted octanol–water partition coefficient (Wildman–Crippen LogP) is 4.12. The number of halogens is 1. The third kappa shape index (κ3) is 3.26. The van der Waals surface area contributed by atoms with Gasteiger partial charge in [0.2, 0.25) is 0 Å². The molecule has 0 aliphatic rings. The molecule has 2 rings (SSSR count). The minimum atomic E-state index is 0.109. The van der Waals surface area contributed by atoms with Crippen LogP contribution in [0.4, 0.5) is 0 Å². The van der Waals surface area contributed by atoms with Crippen LogP contribution in [0.2, 0.25) is 5.02 Å². The summed E-state index contributed by atoms with van der Waals surface area (Å²) in [5, 5.41) is 6.10. The van der Waals surface area contributed by atoms with E-state index in [9.17, 15) is 0 Å². The van der Waals surface area contributed by atoms with Crippen LogP contribution in [0.15, 0.2) is 29.6 Å². The normalized spacial score (nSPS) is 12.2. The van der Waals surface area contributed by atoms with E-state index in [1.807, 2.05) is 23.6 Å². The highest BCUT2D eigenvalue weighted by Crippen LogP contribution is 2.34. The molecule has 1 aromatic carbocycles. The summed E-state index contributed by atoms with van der Waals surface area (Å²) in [7, 11) is 3.30. The summed E-state index contributed by atoms with van der Waals surface area (Å²) < 4.78 is 10.5. The molecule has 1 unspecified atom stereocenters. The zero-order valence-corrected chi connectivity index (χ0v) is 13.3. The van der Waals surface area contributed by atoms with Gasteiger partial charge in [-0.15, -0.1) is 11.3 Å². The van der Waals surface area contributed by atoms with Crippen LogP contribution in [0.1, 0.15) is 23.4 Å². The SMILES string of the molecule is CCNC(c1ccc(OC)c(Cl)c1)c1cc(OC)cs1. The summed E-state index contributed by atoms with van der Waals surface area (Å²) >= 11 is 7.89. The molecular formula is C15H18ClNO2S. The van der Waals surface area contributed by atoms with Gasteiger partial charge in [0.25, 0.3) is 0 Å². The van der Waals surface area contributed by atoms with Crippen LogP contribution < -0.4 is 14.8 Å². The van der Waals surface area contributed by atoms with E-state index in [-0.39, 0.29) is 6.04 Å². The van der Waals surface area contributed by atoms with Gasteiger partial charge in [-0.1, -0.05) is 24.6 Å². The molecule has 0 fully saturated rings. The fourth-order valence-corrected chi connectivity index (χ4v) is 3.26. The van der Waals surface area contributed by atoms with E-state index >= 15 is 0 Å². The van der Waals surface area contributed by atoms with Crippen LogP contribution in [0.3, 0.4) is 0 Å². The van der Waals surface area contributed by atoms with Crippen molar-refractivity contribution in [1.29, 1.82) is 0 Å². The van der Waals surface area contributed by atoms with Crippen LogP contribution in [0, 0.1) is 0 Å². The number of nitrogens with one attached hydrogen (secondary N) is 1. The van der Waals surface area contributed by atoms with Crippen molar-refractivity contribution >= 4 is 22.9 Å². The topological polar surface area (TPSA) is 30.5 Å². The monoisotopic (exact) mass is 311 g/mol. The molecular weight excluding hydrogens is 294 g/mol. The Kier molecular flexibility index (Phi) is 5.29. The van der Waals surface area contributed by atoms with Crippen molar-refractivity contribution in [2.75, 3.05) is 20.8 Å². The fourth-order valence-electron chi connectivity index (χ4n) is 2.04. The molecule has 1 aromatic heterocycles. The maximum atomic E-state index is 6.22. The summed E-state index contributed by atoms with van der Waals surface area (Å²) in [6.07, 6.45) is 0. The minimum absolute atomic E-state index is 0.109. The van der Waals surface area contributed by atoms with Crippen molar-refractivity contribution in [2.24, 2.45) is 0 Å². The second kappa shape index (κ2) is 6.97. The molecule has 0 radical (unpaired) electrons. The Balaban J connectivity index is 2.34. The fraction of sp³-hybridized carbons (Fsp3) is 0.333. The van der Waals surface area contributed by atoms with Gasteiger partial charge >= 0.3 is 0 Å². The molecule has 0 bridgehead atoms. The van der Waals surface area contributed by atoms with Crippen LogP contribution in [-0.4, -0.2) is 20.8 Å². The highest BCUT2D eigenvalue weighted by Gasteiger charge is 2.17. The molecule has 1 atom stereocenters. The number of rotatable bonds is 6. The molecule has 1 N–H and O–H groups in total. The second-order valence-corrected chi connectivity index (χ2v) is 5.62. The first-order chi connectivity index (χ1) is 9.69. The standard InChI is InChI=1S/C15H18ClNO2S/c1-4-17-15(14-8-11(18-2)9-20-14)10-5-6-13(19-3)12(16)7-10/h5-9,15,17H,4H2,1-3H3. The van der Waals surface area contributed by atoms with Gasteiger partial charge in [-0.3, -0.25) is 0 Å². The highest BCUT2D eigenvalue weighted by atomic mass is 35.5. The number of thiophene rings is 1. The minimum Gasteiger partial charge on any atom is -0.496 e. The summed E-state index contributed by atoms with van der Waals surface area (Å²) in [4.78, 5) is 1.20. The van der Waals surface area contributed by atoms with E-state index < -0.39 is 0 Å². The van der Waals surface area contributed by atoms with Crippen molar-refractivity contribution in [1.82, 2.24) is 5.32 Å². The van der Waals surface area contributed by atoms with Gasteiger partial charge < -0.3 is 14.8 Å². The van der Waals surface area contributed by atoms with E-state index in [2.05, 4.69) is 18.3 Å². The van der Waals surface area contributed by atoms with Crippen LogP contribution >= 0.6 is 22.9 Å². The second-order valence-electron chi connectivity index (χ2n) is 4.27. The predicted molar refractivity (Wildman–Crippen MR) is 84.4 cm³/mol. The summed E-state index contributed by atoms with van der Waals surface area (Å²) in [6.45, 7) is 2.96. The largest absolute Gasteiger partial charge is 0.496 e. The van der Waals surface area contributed by atoms with Gasteiger partial charge in [0, 0.05) is 10.3 Å². The van der Waals surface area contributed by atoms with E-state index in [0.29, 0.717) is 10.8 Å². The lowest BCUT2D eigenvalue weighted by Gasteiger charge is -2.18. The first-order valence-corrected chi connectivity index (χ1v) is 7.64. The lowest BCUT2D eigenvalue weighted by Crippen LogP contribution is -2.21. The number of methoxy groups -OCH3 is 2. The Labute approximate surface area is 128 Å². The Bertz CT molecular complexity index is 571. The molecule has 108 valence electrons. The van der Waals surface area contributed by atoms with Gasteiger partial charge in [-0.2, -0.15) is 0 Å². The Morgan fingerprint density at radius 1 is 1.25 bits per heavy atom. The molecule has 2 aromatic rings. The Morgan fingerprint density at radius 2 is 2.05 bits per heavy atom. The van der Waals surface area contributed by atoms with E-state index in [4.69, 9.17) is 21.1 Å². The van der Waals surface area contributed by atoms with Gasteiger partial charge in [-0.05, 0) is 30.3 Å². The molecule has 0 spiro atoms. The van der Waals surface area contributed by atoms with E-state index in [1.165, 1.54) is 4.88 Å². The molecule has 0 aliphatic carbocycles. The van der Waals surface area contributed by atoms with Gasteiger partial charge in [-0.25, -0.2) is 0 Å². The lowest BCUT2D eigenvalue weighted by atomic mass is 10.0. The molecule has 20 heavy (non-hydrogen) atoms. The molecule has 5 heteroatoms. The zero-order valence-electron chi connectivity index (χ0n) is 11.8. The Morgan fingerprint density at radius 3 is 2.60 bits per heavy atom. The molecule has 0 saturated carbocycles. The average molecular weight is 312 g/mol. The lowest BCUT2D eigenvalue weighted by molar-refractivity contribution is 0.414. The molecule has 3 nitrogen and oxygen atoms in total. The van der Waals surface area contributed by atoms with Crippen LogP contribution in [0.25, 0.3) is 0 Å². The summed E-state index contributed by atoms with van der Waals surface area (Å²) in [6, 6.07) is 8.03. The van der Waals surface area contributed by atoms with Gasteiger partial charge in [0.1, 0.15) is 11.5 Å². The van der Waals surface area contributed by atoms with E-state index in [0.717, 1.165) is 17.9 Å². The van der Waals surface area contributed by atoms with Crippen molar-refractivity contribution in [3.63, 3.8) is 0 Å². The number of ether oxygens (including phenoxy) is 2. The van der Waals surface area contributed by atoms with Crippen LogP contribution in [-0.2, 0) is 0 Å². The smallest absolute Gasteiger partial charge is 0.137 e. The molecule has 1 heterocycles. The number of hydrogen-bond donors (Lipinski definition) is 1. The maximum absolute atomic E-state index is 6.22. The third-order valence-corrected chi connectivity index (χ3v) is 4.30. The number of hydrogen-bond acceptors (Lipinski definition) is 4. The highest BCUT2D eigenvalue weighted by molar-refractivity contribution is 7.10. The maximum Gasteiger partial charge on any atom is 0.137 e. The van der Waals surface area contributed by atoms with Gasteiger partial charge in [0.05, 0.1) is 25.3 Å². The molecule has 0 saturated heterocycles. The average Bonchev–Trinajstić information content (AvgIpc) is 2.93. The first kappa shape index (κ1) is 15.2. The van der Waals surface area contributed by atoms with Gasteiger partial charge in [0.15, 0.2) is 0 Å². The van der Waals surface area contributed by atoms with Crippen molar-refractivity contribution in [2.45, 2.75) is 13.0 Å². The number of benzene rings is 1. The summed E-state index contributed by atoms with van der Waals surface area (Å²) in [5.41, 5.74) is 1.11. The third-order valence-electron chi connectivity index (χ3n) is 3.03.